The summed E-state index contributed by atoms with van der Waals surface area (Å²) in [5.41, 5.74) is 4.83. The predicted octanol–water partition coefficient (Wildman–Crippen LogP) is 6.33. The summed E-state index contributed by atoms with van der Waals surface area (Å²) in [4.78, 5) is 10.0. The molecule has 0 saturated carbocycles. The number of rotatable bonds is 4. The van der Waals surface area contributed by atoms with Crippen LogP contribution in [-0.4, -0.2) is 9.97 Å². The highest BCUT2D eigenvalue weighted by Gasteiger charge is 2.21. The van der Waals surface area contributed by atoms with Gasteiger partial charge >= 0.3 is 0 Å². The Morgan fingerprint density at radius 1 is 0.429 bits per heavy atom. The van der Waals surface area contributed by atoms with Crippen molar-refractivity contribution >= 4 is 0 Å². The smallest absolute Gasteiger partial charge is 0.154 e. The predicted molar refractivity (Wildman–Crippen MR) is 108 cm³/mol. The highest BCUT2D eigenvalue weighted by Crippen LogP contribution is 2.37. The zero-order valence-electron chi connectivity index (χ0n) is 14.9. The van der Waals surface area contributed by atoms with Crippen LogP contribution in [0.2, 0.25) is 0 Å². The van der Waals surface area contributed by atoms with Gasteiger partial charge in [-0.05, 0) is 24.3 Å². The Hall–Kier alpha value is -3.92. The lowest BCUT2D eigenvalue weighted by Crippen LogP contribution is -1.99. The van der Waals surface area contributed by atoms with Gasteiger partial charge in [0, 0.05) is 11.1 Å². The minimum atomic E-state index is 0.675. The Labute approximate surface area is 162 Å². The maximum absolute atomic E-state index is 5.68. The summed E-state index contributed by atoms with van der Waals surface area (Å²) in [6.45, 7) is 0. The molecule has 0 atom stereocenters. The van der Waals surface area contributed by atoms with E-state index in [-0.39, 0.29) is 0 Å². The Kier molecular flexibility index (Phi) is 4.07. The maximum atomic E-state index is 5.68. The van der Waals surface area contributed by atoms with Gasteiger partial charge in [-0.3, -0.25) is 0 Å². The fourth-order valence-corrected chi connectivity index (χ4v) is 3.20. The molecule has 0 fully saturated rings. The Balaban J connectivity index is 1.84. The van der Waals surface area contributed by atoms with Crippen LogP contribution in [0.5, 0.6) is 0 Å². The molecule has 0 saturated heterocycles. The van der Waals surface area contributed by atoms with E-state index in [0.717, 1.165) is 22.5 Å². The van der Waals surface area contributed by atoms with Crippen LogP contribution in [0.4, 0.5) is 0 Å². The highest BCUT2D eigenvalue weighted by molar-refractivity contribution is 5.84. The van der Waals surface area contributed by atoms with E-state index in [1.165, 1.54) is 0 Å². The van der Waals surface area contributed by atoms with Crippen LogP contribution in [0, 0.1) is 0 Å². The van der Waals surface area contributed by atoms with Gasteiger partial charge < -0.3 is 8.83 Å². The summed E-state index contributed by atoms with van der Waals surface area (Å²) >= 11 is 0. The average molecular weight is 364 g/mol. The second kappa shape index (κ2) is 7.00. The third kappa shape index (κ3) is 2.91. The molecule has 5 rings (SSSR count). The fourth-order valence-electron chi connectivity index (χ4n) is 3.20. The summed E-state index contributed by atoms with van der Waals surface area (Å²) in [7, 11) is 0. The van der Waals surface area contributed by atoms with Crippen molar-refractivity contribution in [1.82, 2.24) is 9.97 Å². The van der Waals surface area contributed by atoms with Crippen LogP contribution in [-0.2, 0) is 0 Å². The van der Waals surface area contributed by atoms with E-state index in [9.17, 15) is 0 Å². The fraction of sp³-hybridized carbons (Fsp3) is 0. The van der Waals surface area contributed by atoms with Crippen LogP contribution < -0.4 is 0 Å². The first-order valence-electron chi connectivity index (χ1n) is 9.01. The van der Waals surface area contributed by atoms with Crippen LogP contribution >= 0.6 is 0 Å². The first kappa shape index (κ1) is 16.3. The SMILES string of the molecule is c1ccc(-c2nc(-c3ccco3)c(-c3ccccc3)nc2-c2ccco2)cc1. The van der Waals surface area contributed by atoms with Crippen molar-refractivity contribution in [3.05, 3.63) is 97.5 Å². The molecule has 2 aromatic carbocycles. The Morgan fingerprint density at radius 2 is 0.857 bits per heavy atom. The van der Waals surface area contributed by atoms with Crippen molar-refractivity contribution in [2.24, 2.45) is 0 Å². The zero-order chi connectivity index (χ0) is 18.8. The molecule has 0 unspecified atom stereocenters. The number of aromatic nitrogens is 2. The van der Waals surface area contributed by atoms with Crippen LogP contribution in [0.15, 0.2) is 106 Å². The molecule has 0 N–H and O–H groups in total. The number of hydrogen-bond acceptors (Lipinski definition) is 4. The molecule has 3 aromatic heterocycles. The van der Waals surface area contributed by atoms with E-state index in [4.69, 9.17) is 18.8 Å². The van der Waals surface area contributed by atoms with E-state index >= 15 is 0 Å². The summed E-state index contributed by atoms with van der Waals surface area (Å²) < 4.78 is 11.4. The average Bonchev–Trinajstić information content (AvgIpc) is 3.48. The molecule has 0 spiro atoms. The van der Waals surface area contributed by atoms with Crippen LogP contribution in [0.1, 0.15) is 0 Å². The molecule has 0 bridgehead atoms. The summed E-state index contributed by atoms with van der Waals surface area (Å²) in [5.74, 6) is 1.35. The van der Waals surface area contributed by atoms with Crippen molar-refractivity contribution in [3.63, 3.8) is 0 Å². The standard InChI is InChI=1S/C24H16N2O2/c1-3-9-17(10-4-1)21-23(19-13-7-15-27-19)26-22(18-11-5-2-6-12-18)24(25-21)20-14-8-16-28-20/h1-16H. The van der Waals surface area contributed by atoms with E-state index in [0.29, 0.717) is 22.9 Å². The van der Waals surface area contributed by atoms with Gasteiger partial charge in [-0.25, -0.2) is 9.97 Å². The molecule has 0 aliphatic heterocycles. The number of hydrogen-bond donors (Lipinski definition) is 0. The lowest BCUT2D eigenvalue weighted by Gasteiger charge is -2.13. The van der Waals surface area contributed by atoms with Crippen molar-refractivity contribution in [1.29, 1.82) is 0 Å². The minimum Gasteiger partial charge on any atom is -0.463 e. The lowest BCUT2D eigenvalue weighted by atomic mass is 10.0. The molecule has 3 heterocycles. The van der Waals surface area contributed by atoms with Crippen molar-refractivity contribution < 1.29 is 8.83 Å². The molecule has 4 nitrogen and oxygen atoms in total. The third-order valence-electron chi connectivity index (χ3n) is 4.50. The maximum Gasteiger partial charge on any atom is 0.154 e. The van der Waals surface area contributed by atoms with Gasteiger partial charge in [0.25, 0.3) is 0 Å². The minimum absolute atomic E-state index is 0.675. The van der Waals surface area contributed by atoms with Gasteiger partial charge in [0.05, 0.1) is 12.5 Å². The number of nitrogens with zero attached hydrogens (tertiary/aromatic N) is 2. The van der Waals surface area contributed by atoms with Gasteiger partial charge in [0.2, 0.25) is 0 Å². The van der Waals surface area contributed by atoms with Gasteiger partial charge in [-0.15, -0.1) is 0 Å². The highest BCUT2D eigenvalue weighted by atomic mass is 16.3. The molecule has 0 aliphatic carbocycles. The second-order valence-electron chi connectivity index (χ2n) is 6.30. The molecule has 0 amide bonds. The van der Waals surface area contributed by atoms with Crippen molar-refractivity contribution in [2.75, 3.05) is 0 Å². The zero-order valence-corrected chi connectivity index (χ0v) is 14.9. The summed E-state index contributed by atoms with van der Waals surface area (Å²) in [6, 6.07) is 27.5. The van der Waals surface area contributed by atoms with Gasteiger partial charge in [0.1, 0.15) is 22.8 Å². The topological polar surface area (TPSA) is 52.1 Å². The van der Waals surface area contributed by atoms with E-state index in [1.807, 2.05) is 84.9 Å². The van der Waals surface area contributed by atoms with Crippen molar-refractivity contribution in [2.45, 2.75) is 0 Å². The lowest BCUT2D eigenvalue weighted by molar-refractivity contribution is 0.577. The molecule has 134 valence electrons. The summed E-state index contributed by atoms with van der Waals surface area (Å²) in [5, 5.41) is 0. The quantitative estimate of drug-likeness (QED) is 0.374. The molecular formula is C24H16N2O2. The first-order valence-corrected chi connectivity index (χ1v) is 9.01. The molecule has 5 aromatic rings. The van der Waals surface area contributed by atoms with Gasteiger partial charge in [-0.1, -0.05) is 60.7 Å². The molecule has 28 heavy (non-hydrogen) atoms. The van der Waals surface area contributed by atoms with Crippen molar-refractivity contribution in [3.8, 4) is 45.4 Å². The van der Waals surface area contributed by atoms with E-state index in [1.54, 1.807) is 12.5 Å². The largest absolute Gasteiger partial charge is 0.463 e. The van der Waals surface area contributed by atoms with E-state index < -0.39 is 0 Å². The van der Waals surface area contributed by atoms with E-state index in [2.05, 4.69) is 0 Å². The normalized spacial score (nSPS) is 10.9. The number of benzene rings is 2. The van der Waals surface area contributed by atoms with Gasteiger partial charge in [0.15, 0.2) is 11.5 Å². The van der Waals surface area contributed by atoms with Crippen LogP contribution in [0.25, 0.3) is 45.4 Å². The third-order valence-corrected chi connectivity index (χ3v) is 4.50. The molecule has 4 heteroatoms. The Morgan fingerprint density at radius 3 is 1.21 bits per heavy atom. The second-order valence-corrected chi connectivity index (χ2v) is 6.30. The number of furan rings is 2. The molecular weight excluding hydrogens is 348 g/mol. The summed E-state index contributed by atoms with van der Waals surface area (Å²) in [6.07, 6.45) is 3.29. The monoisotopic (exact) mass is 364 g/mol. The first-order chi connectivity index (χ1) is 13.9. The molecule has 0 radical (unpaired) electrons. The molecule has 0 aliphatic rings. The van der Waals surface area contributed by atoms with Gasteiger partial charge in [-0.2, -0.15) is 0 Å². The Bertz CT molecular complexity index is 1080. The van der Waals surface area contributed by atoms with Crippen LogP contribution in [0.3, 0.4) is 0 Å².